The van der Waals surface area contributed by atoms with Gasteiger partial charge in [0.05, 0.1) is 19.3 Å². The van der Waals surface area contributed by atoms with Crippen LogP contribution in [0.15, 0.2) is 6.33 Å². The number of carboxylic acid groups (broad SMARTS) is 1. The predicted octanol–water partition coefficient (Wildman–Crippen LogP) is 0.0739. The lowest BCUT2D eigenvalue weighted by Crippen LogP contribution is -2.40. The Hall–Kier alpha value is -1.21. The lowest BCUT2D eigenvalue weighted by atomic mass is 10.0. The van der Waals surface area contributed by atoms with Crippen LogP contribution in [0.25, 0.3) is 0 Å². The van der Waals surface area contributed by atoms with Gasteiger partial charge in [0, 0.05) is 18.6 Å². The van der Waals surface area contributed by atoms with Crippen LogP contribution >= 0.6 is 11.5 Å². The van der Waals surface area contributed by atoms with E-state index >= 15 is 0 Å². The van der Waals surface area contributed by atoms with E-state index < -0.39 is 11.9 Å². The number of nitrogens with zero attached hydrogens (tertiary/aromatic N) is 3. The molecule has 0 aliphatic carbocycles. The molecule has 0 spiro atoms. The lowest BCUT2D eigenvalue weighted by Gasteiger charge is -2.24. The largest absolute Gasteiger partial charge is 0.481 e. The minimum Gasteiger partial charge on any atom is -0.481 e. The van der Waals surface area contributed by atoms with Gasteiger partial charge in [-0.05, 0) is 0 Å². The maximum atomic E-state index is 10.9. The number of aromatic nitrogens is 2. The Morgan fingerprint density at radius 3 is 3.13 bits per heavy atom. The van der Waals surface area contributed by atoms with Crippen molar-refractivity contribution in [3.8, 4) is 0 Å². The lowest BCUT2D eigenvalue weighted by molar-refractivity contribution is -0.141. The molecule has 1 fully saturated rings. The number of hydrogen-bond donors (Lipinski definition) is 1. The van der Waals surface area contributed by atoms with Crippen molar-refractivity contribution in [2.24, 2.45) is 5.92 Å². The summed E-state index contributed by atoms with van der Waals surface area (Å²) >= 11 is 1.25. The van der Waals surface area contributed by atoms with E-state index in [0.29, 0.717) is 6.61 Å². The van der Waals surface area contributed by atoms with Crippen LogP contribution in [-0.2, 0) is 9.53 Å². The van der Waals surface area contributed by atoms with E-state index in [0.717, 1.165) is 5.13 Å². The number of rotatable bonds is 3. The molecule has 0 saturated carbocycles. The molecule has 6 nitrogen and oxygen atoms in total. The molecule has 1 aromatic heterocycles. The summed E-state index contributed by atoms with van der Waals surface area (Å²) in [5.74, 6) is -1.31. The normalized spacial score (nSPS) is 25.4. The van der Waals surface area contributed by atoms with Crippen LogP contribution in [0.5, 0.6) is 0 Å². The molecule has 0 aromatic carbocycles. The smallest absolute Gasteiger partial charge is 0.311 e. The third-order valence-electron chi connectivity index (χ3n) is 2.52. The Kier molecular flexibility index (Phi) is 2.83. The summed E-state index contributed by atoms with van der Waals surface area (Å²) in [5.41, 5.74) is 0. The molecule has 1 aromatic rings. The summed E-state index contributed by atoms with van der Waals surface area (Å²) in [6.07, 6.45) is 1.46. The van der Waals surface area contributed by atoms with Crippen molar-refractivity contribution in [3.05, 3.63) is 6.33 Å². The molecule has 15 heavy (non-hydrogen) atoms. The first-order valence-electron chi connectivity index (χ1n) is 4.50. The van der Waals surface area contributed by atoms with Crippen LogP contribution in [0.4, 0.5) is 5.13 Å². The first kappa shape index (κ1) is 10.3. The fourth-order valence-corrected chi connectivity index (χ4v) is 2.17. The van der Waals surface area contributed by atoms with Crippen LogP contribution in [0.3, 0.4) is 0 Å². The van der Waals surface area contributed by atoms with Gasteiger partial charge in [-0.15, -0.1) is 0 Å². The highest BCUT2D eigenvalue weighted by atomic mass is 32.1. The van der Waals surface area contributed by atoms with Gasteiger partial charge in [-0.25, -0.2) is 4.98 Å². The van der Waals surface area contributed by atoms with E-state index in [1.807, 2.05) is 11.9 Å². The molecule has 1 N–H and O–H groups in total. The average Bonchev–Trinajstić information content (AvgIpc) is 2.88. The van der Waals surface area contributed by atoms with Crippen LogP contribution in [-0.4, -0.2) is 46.7 Å². The summed E-state index contributed by atoms with van der Waals surface area (Å²) in [6.45, 7) is 0.691. The zero-order valence-electron chi connectivity index (χ0n) is 8.16. The molecule has 2 atom stereocenters. The van der Waals surface area contributed by atoms with Gasteiger partial charge in [0.25, 0.3) is 0 Å². The second kappa shape index (κ2) is 4.11. The predicted molar refractivity (Wildman–Crippen MR) is 54.0 cm³/mol. The molecular weight excluding hydrogens is 218 g/mol. The highest BCUT2D eigenvalue weighted by Crippen LogP contribution is 2.24. The van der Waals surface area contributed by atoms with E-state index in [-0.39, 0.29) is 12.6 Å². The second-order valence-electron chi connectivity index (χ2n) is 3.38. The number of carbonyl (C=O) groups is 1. The minimum atomic E-state index is -0.825. The van der Waals surface area contributed by atoms with Gasteiger partial charge < -0.3 is 14.7 Å². The molecule has 0 radical (unpaired) electrons. The minimum absolute atomic E-state index is 0.157. The van der Waals surface area contributed by atoms with Gasteiger partial charge in [-0.2, -0.15) is 4.37 Å². The number of aliphatic carboxylic acids is 1. The molecule has 7 heteroatoms. The standard InChI is InChI=1S/C8H11N3O3S/c1-11(8-9-4-10-15-8)6-3-14-2-5(6)7(12)13/h4-6H,2-3H2,1H3,(H,12,13). The fraction of sp³-hybridized carbons (Fsp3) is 0.625. The van der Waals surface area contributed by atoms with E-state index in [1.54, 1.807) is 0 Å². The first-order valence-corrected chi connectivity index (χ1v) is 5.27. The van der Waals surface area contributed by atoms with Gasteiger partial charge in [0.15, 0.2) is 0 Å². The zero-order valence-corrected chi connectivity index (χ0v) is 8.98. The van der Waals surface area contributed by atoms with Crippen molar-refractivity contribution < 1.29 is 14.6 Å². The summed E-state index contributed by atoms with van der Waals surface area (Å²) in [5, 5.41) is 9.71. The van der Waals surface area contributed by atoms with Crippen LogP contribution in [0.1, 0.15) is 0 Å². The molecule has 2 heterocycles. The third kappa shape index (κ3) is 1.93. The molecule has 1 aliphatic rings. The summed E-state index contributed by atoms with van der Waals surface area (Å²) in [4.78, 5) is 16.8. The SMILES string of the molecule is CN(c1ncns1)C1COCC1C(=O)O. The number of likely N-dealkylation sites (N-methyl/N-ethyl adjacent to an activating group) is 1. The van der Waals surface area contributed by atoms with E-state index in [2.05, 4.69) is 9.36 Å². The molecule has 2 unspecified atom stereocenters. The van der Waals surface area contributed by atoms with Crippen molar-refractivity contribution in [3.63, 3.8) is 0 Å². The quantitative estimate of drug-likeness (QED) is 0.790. The average molecular weight is 229 g/mol. The van der Waals surface area contributed by atoms with Crippen LogP contribution in [0.2, 0.25) is 0 Å². The van der Waals surface area contributed by atoms with Gasteiger partial charge in [0.2, 0.25) is 5.13 Å². The molecule has 0 bridgehead atoms. The summed E-state index contributed by atoms with van der Waals surface area (Å²) in [6, 6.07) is -0.157. The van der Waals surface area contributed by atoms with Gasteiger partial charge in [0.1, 0.15) is 12.2 Å². The molecule has 82 valence electrons. The van der Waals surface area contributed by atoms with Crippen molar-refractivity contribution in [2.75, 3.05) is 25.2 Å². The van der Waals surface area contributed by atoms with Crippen molar-refractivity contribution in [1.82, 2.24) is 9.36 Å². The zero-order chi connectivity index (χ0) is 10.8. The Balaban J connectivity index is 2.13. The monoisotopic (exact) mass is 229 g/mol. The molecular formula is C8H11N3O3S. The topological polar surface area (TPSA) is 75.5 Å². The first-order chi connectivity index (χ1) is 7.20. The number of ether oxygens (including phenoxy) is 1. The number of hydrogen-bond acceptors (Lipinski definition) is 6. The Bertz CT molecular complexity index is 343. The van der Waals surface area contributed by atoms with E-state index in [9.17, 15) is 4.79 Å². The third-order valence-corrected chi connectivity index (χ3v) is 3.27. The van der Waals surface area contributed by atoms with E-state index in [1.165, 1.54) is 17.9 Å². The Labute approximate surface area is 90.7 Å². The van der Waals surface area contributed by atoms with Gasteiger partial charge >= 0.3 is 5.97 Å². The maximum Gasteiger partial charge on any atom is 0.311 e. The highest BCUT2D eigenvalue weighted by molar-refractivity contribution is 7.09. The molecule has 0 amide bonds. The number of anilines is 1. The highest BCUT2D eigenvalue weighted by Gasteiger charge is 2.37. The van der Waals surface area contributed by atoms with Crippen molar-refractivity contribution in [1.29, 1.82) is 0 Å². The van der Waals surface area contributed by atoms with E-state index in [4.69, 9.17) is 9.84 Å². The second-order valence-corrected chi connectivity index (χ2v) is 4.14. The molecule has 1 aliphatic heterocycles. The van der Waals surface area contributed by atoms with Crippen LogP contribution in [0, 0.1) is 5.92 Å². The molecule has 1 saturated heterocycles. The van der Waals surface area contributed by atoms with Gasteiger partial charge in [-0.1, -0.05) is 0 Å². The Morgan fingerprint density at radius 2 is 2.53 bits per heavy atom. The number of carboxylic acids is 1. The Morgan fingerprint density at radius 1 is 1.73 bits per heavy atom. The van der Waals surface area contributed by atoms with Gasteiger partial charge in [-0.3, -0.25) is 4.79 Å². The van der Waals surface area contributed by atoms with Crippen molar-refractivity contribution >= 4 is 22.6 Å². The van der Waals surface area contributed by atoms with Crippen molar-refractivity contribution in [2.45, 2.75) is 6.04 Å². The van der Waals surface area contributed by atoms with Crippen LogP contribution < -0.4 is 4.90 Å². The molecule has 2 rings (SSSR count). The summed E-state index contributed by atoms with van der Waals surface area (Å²) in [7, 11) is 1.82. The summed E-state index contributed by atoms with van der Waals surface area (Å²) < 4.78 is 9.07. The fourth-order valence-electron chi connectivity index (χ4n) is 1.63. The maximum absolute atomic E-state index is 10.9.